The Morgan fingerprint density at radius 1 is 0.935 bits per heavy atom. The Hall–Kier alpha value is -5.20. The smallest absolute Gasteiger partial charge is 0.386 e. The SMILES string of the molecule is CC(CC(=O)OC(=O)C(F)(F)F)N1C(=O)c2cc(CCCCCN=C(N)N)ccc2N(c2ccccc2)C(=O)C1c1ccccc1. The van der Waals surface area contributed by atoms with Crippen molar-refractivity contribution in [3.05, 3.63) is 95.6 Å². The van der Waals surface area contributed by atoms with Crippen LogP contribution in [-0.2, 0) is 25.5 Å². The van der Waals surface area contributed by atoms with Crippen molar-refractivity contribution < 1.29 is 37.1 Å². The molecule has 0 radical (unpaired) electrons. The quantitative estimate of drug-likeness (QED) is 0.0994. The molecule has 13 heteroatoms. The Balaban J connectivity index is 1.76. The average molecular weight is 638 g/mol. The minimum absolute atomic E-state index is 0.0228. The molecule has 1 aliphatic heterocycles. The van der Waals surface area contributed by atoms with Crippen LogP contribution in [0.2, 0.25) is 0 Å². The molecule has 3 aromatic carbocycles. The molecule has 0 fully saturated rings. The summed E-state index contributed by atoms with van der Waals surface area (Å²) >= 11 is 0. The molecular weight excluding hydrogens is 603 g/mol. The number of hydrogen-bond donors (Lipinski definition) is 2. The number of rotatable bonds is 11. The van der Waals surface area contributed by atoms with Gasteiger partial charge in [0.1, 0.15) is 6.04 Å². The van der Waals surface area contributed by atoms with E-state index in [9.17, 15) is 32.3 Å². The summed E-state index contributed by atoms with van der Waals surface area (Å²) in [5, 5.41) is 0. The molecule has 3 aromatic rings. The van der Waals surface area contributed by atoms with Crippen molar-refractivity contribution in [1.82, 2.24) is 4.90 Å². The van der Waals surface area contributed by atoms with Crippen molar-refractivity contribution in [2.45, 2.75) is 57.3 Å². The first-order valence-electron chi connectivity index (χ1n) is 14.6. The van der Waals surface area contributed by atoms with Crippen molar-refractivity contribution in [2.24, 2.45) is 16.5 Å². The highest BCUT2D eigenvalue weighted by Crippen LogP contribution is 2.40. The number of benzene rings is 3. The molecule has 242 valence electrons. The topological polar surface area (TPSA) is 148 Å². The van der Waals surface area contributed by atoms with Gasteiger partial charge in [-0.1, -0.05) is 61.0 Å². The Labute approximate surface area is 263 Å². The van der Waals surface area contributed by atoms with Crippen molar-refractivity contribution in [3.8, 4) is 0 Å². The van der Waals surface area contributed by atoms with Crippen LogP contribution >= 0.6 is 0 Å². The van der Waals surface area contributed by atoms with Crippen LogP contribution in [0.3, 0.4) is 0 Å². The van der Waals surface area contributed by atoms with Gasteiger partial charge in [-0.3, -0.25) is 24.3 Å². The van der Waals surface area contributed by atoms with Gasteiger partial charge in [0.15, 0.2) is 5.96 Å². The Bertz CT molecular complexity index is 1590. The zero-order valence-corrected chi connectivity index (χ0v) is 25.1. The third-order valence-electron chi connectivity index (χ3n) is 7.42. The fourth-order valence-corrected chi connectivity index (χ4v) is 5.33. The van der Waals surface area contributed by atoms with Gasteiger partial charge in [-0.25, -0.2) is 4.79 Å². The highest BCUT2D eigenvalue weighted by atomic mass is 19.4. The van der Waals surface area contributed by atoms with E-state index in [2.05, 4.69) is 9.73 Å². The van der Waals surface area contributed by atoms with Gasteiger partial charge in [0.25, 0.3) is 11.8 Å². The second-order valence-electron chi connectivity index (χ2n) is 10.8. The van der Waals surface area contributed by atoms with E-state index in [1.54, 1.807) is 72.8 Å². The summed E-state index contributed by atoms with van der Waals surface area (Å²) in [6.07, 6.45) is -3.22. The van der Waals surface area contributed by atoms with Crippen LogP contribution in [0.1, 0.15) is 60.1 Å². The number of amides is 2. The zero-order chi connectivity index (χ0) is 33.4. The number of para-hydroxylation sites is 1. The van der Waals surface area contributed by atoms with Crippen molar-refractivity contribution in [2.75, 3.05) is 11.4 Å². The number of ether oxygens (including phenoxy) is 1. The number of anilines is 2. The number of esters is 2. The van der Waals surface area contributed by atoms with Crippen molar-refractivity contribution in [3.63, 3.8) is 0 Å². The van der Waals surface area contributed by atoms with Gasteiger partial charge in [0, 0.05) is 18.3 Å². The van der Waals surface area contributed by atoms with Gasteiger partial charge >= 0.3 is 18.1 Å². The summed E-state index contributed by atoms with van der Waals surface area (Å²) in [6, 6.07) is 19.9. The number of alkyl halides is 3. The number of aliphatic imine (C=N–C) groups is 1. The second kappa shape index (κ2) is 14.7. The number of guanidine groups is 1. The first-order chi connectivity index (χ1) is 21.9. The lowest BCUT2D eigenvalue weighted by Crippen LogP contribution is -2.46. The second-order valence-corrected chi connectivity index (χ2v) is 10.8. The van der Waals surface area contributed by atoms with Gasteiger partial charge in [0.05, 0.1) is 17.7 Å². The first-order valence-corrected chi connectivity index (χ1v) is 14.6. The highest BCUT2D eigenvalue weighted by molar-refractivity contribution is 6.14. The number of carbonyl (C=O) groups is 4. The minimum atomic E-state index is -5.38. The van der Waals surface area contributed by atoms with Gasteiger partial charge in [0.2, 0.25) is 0 Å². The van der Waals surface area contributed by atoms with E-state index < -0.39 is 48.4 Å². The molecular formula is C33H34F3N5O5. The molecule has 0 aromatic heterocycles. The number of aryl methyl sites for hydroxylation is 1. The predicted molar refractivity (Wildman–Crippen MR) is 165 cm³/mol. The first kappa shape index (κ1) is 33.7. The lowest BCUT2D eigenvalue weighted by molar-refractivity contribution is -0.202. The molecule has 2 amide bonds. The molecule has 10 nitrogen and oxygen atoms in total. The molecule has 1 aliphatic rings. The Morgan fingerprint density at radius 3 is 2.22 bits per heavy atom. The normalized spacial score (nSPS) is 15.5. The van der Waals surface area contributed by atoms with Crippen LogP contribution in [0.5, 0.6) is 0 Å². The van der Waals surface area contributed by atoms with Crippen LogP contribution in [-0.4, -0.2) is 53.4 Å². The lowest BCUT2D eigenvalue weighted by Gasteiger charge is -2.35. The maximum Gasteiger partial charge on any atom is 0.491 e. The standard InChI is InChI=1S/C33H34F3N5O5/c1-21(19-27(42)46-31(45)33(34,35)36)40-28(23-12-6-2-7-13-23)30(44)41(24-14-8-3-9-15-24)26-17-16-22(20-25(26)29(40)43)11-5-4-10-18-39-32(37)38/h2-3,6-9,12-17,20-21,28H,4-5,10-11,18-19H2,1H3,(H4,37,38,39). The summed E-state index contributed by atoms with van der Waals surface area (Å²) in [7, 11) is 0. The maximum absolute atomic E-state index is 14.6. The zero-order valence-electron chi connectivity index (χ0n) is 25.1. The fourth-order valence-electron chi connectivity index (χ4n) is 5.33. The van der Waals surface area contributed by atoms with E-state index >= 15 is 0 Å². The number of fused-ring (bicyclic) bond motifs is 1. The Morgan fingerprint density at radius 2 is 1.59 bits per heavy atom. The summed E-state index contributed by atoms with van der Waals surface area (Å²) < 4.78 is 42.4. The number of carbonyl (C=O) groups excluding carboxylic acids is 4. The fraction of sp³-hybridized carbons (Fsp3) is 0.303. The molecule has 2 atom stereocenters. The average Bonchev–Trinajstić information content (AvgIpc) is 3.10. The monoisotopic (exact) mass is 637 g/mol. The highest BCUT2D eigenvalue weighted by Gasteiger charge is 2.45. The van der Waals surface area contributed by atoms with Crippen molar-refractivity contribution in [1.29, 1.82) is 0 Å². The van der Waals surface area contributed by atoms with E-state index in [4.69, 9.17) is 11.5 Å². The third-order valence-corrected chi connectivity index (χ3v) is 7.42. The number of unbranched alkanes of at least 4 members (excludes halogenated alkanes) is 2. The van der Waals surface area contributed by atoms with Crippen LogP contribution in [0.15, 0.2) is 83.9 Å². The number of nitrogens with two attached hydrogens (primary N) is 2. The maximum atomic E-state index is 14.6. The molecule has 0 spiro atoms. The summed E-state index contributed by atoms with van der Waals surface area (Å²) in [6.45, 7) is 1.91. The number of nitrogens with zero attached hydrogens (tertiary/aromatic N) is 3. The van der Waals surface area contributed by atoms with Crippen LogP contribution in [0, 0.1) is 0 Å². The molecule has 4 N–H and O–H groups in total. The summed E-state index contributed by atoms with van der Waals surface area (Å²) in [4.78, 5) is 59.5. The van der Waals surface area contributed by atoms with E-state index in [0.29, 0.717) is 29.9 Å². The molecule has 0 aliphatic carbocycles. The molecule has 0 saturated carbocycles. The van der Waals surface area contributed by atoms with Gasteiger partial charge < -0.3 is 21.1 Å². The van der Waals surface area contributed by atoms with Crippen LogP contribution in [0.4, 0.5) is 24.5 Å². The number of hydrogen-bond acceptors (Lipinski definition) is 6. The van der Waals surface area contributed by atoms with E-state index in [1.165, 1.54) is 16.7 Å². The van der Waals surface area contributed by atoms with E-state index in [1.807, 2.05) is 6.07 Å². The van der Waals surface area contributed by atoms with E-state index in [0.717, 1.165) is 24.8 Å². The molecule has 2 unspecified atom stereocenters. The summed E-state index contributed by atoms with van der Waals surface area (Å²) in [5.41, 5.74) is 12.9. The van der Waals surface area contributed by atoms with Gasteiger partial charge in [-0.2, -0.15) is 13.2 Å². The predicted octanol–water partition coefficient (Wildman–Crippen LogP) is 4.95. The molecule has 46 heavy (non-hydrogen) atoms. The van der Waals surface area contributed by atoms with Gasteiger partial charge in [-0.05, 0) is 61.6 Å². The lowest BCUT2D eigenvalue weighted by atomic mass is 10.00. The Kier molecular flexibility index (Phi) is 10.8. The molecule has 0 saturated heterocycles. The van der Waals surface area contributed by atoms with Crippen LogP contribution < -0.4 is 16.4 Å². The van der Waals surface area contributed by atoms with Crippen LogP contribution in [0.25, 0.3) is 0 Å². The van der Waals surface area contributed by atoms with Gasteiger partial charge in [-0.15, -0.1) is 0 Å². The number of halogens is 3. The largest absolute Gasteiger partial charge is 0.491 e. The van der Waals surface area contributed by atoms with Crippen molar-refractivity contribution >= 4 is 41.1 Å². The molecule has 1 heterocycles. The summed E-state index contributed by atoms with van der Waals surface area (Å²) in [5.74, 6) is -5.27. The third kappa shape index (κ3) is 8.09. The minimum Gasteiger partial charge on any atom is -0.386 e. The molecule has 4 rings (SSSR count). The van der Waals surface area contributed by atoms with E-state index in [-0.39, 0.29) is 11.5 Å². The molecule has 0 bridgehead atoms.